The minimum Gasteiger partial charge on any atom is -0.504 e. The molecule has 9 nitrogen and oxygen atoms in total. The fourth-order valence-corrected chi connectivity index (χ4v) is 2.98. The maximum atomic E-state index is 11.7. The molecule has 0 aliphatic carbocycles. The number of pyridine rings is 1. The molecule has 3 rings (SSSR count). The predicted molar refractivity (Wildman–Crippen MR) is 111 cm³/mol. The van der Waals surface area contributed by atoms with Gasteiger partial charge in [-0.3, -0.25) is 5.32 Å². The van der Waals surface area contributed by atoms with E-state index in [1.165, 1.54) is 12.1 Å². The molecule has 1 aromatic heterocycles. The van der Waals surface area contributed by atoms with Crippen LogP contribution in [0.25, 0.3) is 5.70 Å². The number of nitrogens with one attached hydrogen (secondary N) is 1. The number of nitriles is 1. The average Bonchev–Trinajstić information content (AvgIpc) is 3.00. The van der Waals surface area contributed by atoms with Crippen LogP contribution in [-0.2, 0) is 4.74 Å². The van der Waals surface area contributed by atoms with Gasteiger partial charge in [0.1, 0.15) is 27.6 Å². The Hall–Kier alpha value is -3.19. The first kappa shape index (κ1) is 21.5. The van der Waals surface area contributed by atoms with Crippen molar-refractivity contribution in [3.8, 4) is 11.8 Å². The third-order valence-corrected chi connectivity index (χ3v) is 4.91. The predicted octanol–water partition coefficient (Wildman–Crippen LogP) is 4.23. The fourth-order valence-electron chi connectivity index (χ4n) is 2.42. The molecule has 1 amide bonds. The SMILES string of the molecule is C=C1N=c2nc(Cl)c(C#N)cc2=C1/N=N/c1cc(NC(=O)OCC)c(O)c(Cl)c1Cl. The van der Waals surface area contributed by atoms with Crippen molar-refractivity contribution < 1.29 is 14.6 Å². The Morgan fingerprint density at radius 2 is 2.07 bits per heavy atom. The number of ether oxygens (including phenoxy) is 1. The van der Waals surface area contributed by atoms with Crippen molar-refractivity contribution in [2.75, 3.05) is 11.9 Å². The standard InChI is InChI=1S/C18H11Cl3N6O3/c1-3-30-18(29)24-11-5-10(12(19)13(20)15(11)28)26-27-14-7(2)23-17-9(14)4-8(6-22)16(21)25-17/h4-5,28H,2-3H2,1H3,(H,24,29)/b27-26+. The molecule has 1 aliphatic rings. The molecule has 0 spiro atoms. The summed E-state index contributed by atoms with van der Waals surface area (Å²) in [7, 11) is 0. The van der Waals surface area contributed by atoms with Crippen molar-refractivity contribution in [3.05, 3.63) is 55.9 Å². The molecule has 2 N–H and O–H groups in total. The molecule has 0 radical (unpaired) electrons. The Kier molecular flexibility index (Phi) is 6.22. The van der Waals surface area contributed by atoms with Crippen molar-refractivity contribution in [2.45, 2.75) is 6.92 Å². The summed E-state index contributed by atoms with van der Waals surface area (Å²) in [5.41, 5.74) is 0.848. The molecule has 12 heteroatoms. The second-order valence-corrected chi connectivity index (χ2v) is 6.80. The van der Waals surface area contributed by atoms with E-state index in [0.717, 1.165) is 0 Å². The van der Waals surface area contributed by atoms with E-state index < -0.39 is 11.8 Å². The molecule has 1 aromatic carbocycles. The van der Waals surface area contributed by atoms with Gasteiger partial charge in [0.05, 0.1) is 33.8 Å². The van der Waals surface area contributed by atoms with Crippen molar-refractivity contribution in [3.63, 3.8) is 0 Å². The summed E-state index contributed by atoms with van der Waals surface area (Å²) in [6, 6.07) is 4.66. The number of aromatic hydroxyl groups is 1. The molecule has 2 heterocycles. The topological polar surface area (TPSA) is 132 Å². The molecule has 0 bridgehead atoms. The highest BCUT2D eigenvalue weighted by molar-refractivity contribution is 6.45. The molecule has 0 saturated carbocycles. The first-order valence-corrected chi connectivity index (χ1v) is 9.35. The number of anilines is 1. The number of aromatic nitrogens is 1. The number of benzene rings is 1. The van der Waals surface area contributed by atoms with Gasteiger partial charge in [-0.1, -0.05) is 41.4 Å². The average molecular weight is 466 g/mol. The molecule has 2 aromatic rings. The fraction of sp³-hybridized carbons (Fsp3) is 0.111. The Balaban J connectivity index is 2.08. The van der Waals surface area contributed by atoms with E-state index in [1.54, 1.807) is 6.92 Å². The van der Waals surface area contributed by atoms with Gasteiger partial charge in [-0.25, -0.2) is 14.8 Å². The van der Waals surface area contributed by atoms with Gasteiger partial charge in [0.25, 0.3) is 0 Å². The summed E-state index contributed by atoms with van der Waals surface area (Å²) < 4.78 is 4.77. The van der Waals surface area contributed by atoms with Gasteiger partial charge in [-0.15, -0.1) is 10.2 Å². The monoisotopic (exact) mass is 464 g/mol. The van der Waals surface area contributed by atoms with Crippen LogP contribution in [0.2, 0.25) is 15.2 Å². The molecule has 0 fully saturated rings. The highest BCUT2D eigenvalue weighted by Crippen LogP contribution is 2.44. The van der Waals surface area contributed by atoms with E-state index in [4.69, 9.17) is 44.8 Å². The van der Waals surface area contributed by atoms with E-state index in [2.05, 4.69) is 32.1 Å². The van der Waals surface area contributed by atoms with Crippen LogP contribution < -0.4 is 16.0 Å². The van der Waals surface area contributed by atoms with Crippen LogP contribution >= 0.6 is 34.8 Å². The lowest BCUT2D eigenvalue weighted by Gasteiger charge is -2.11. The number of phenolic OH excluding ortho intramolecular Hbond substituents is 1. The highest BCUT2D eigenvalue weighted by atomic mass is 35.5. The quantitative estimate of drug-likeness (QED) is 0.396. The molecule has 0 unspecified atom stereocenters. The lowest BCUT2D eigenvalue weighted by Crippen LogP contribution is -2.27. The van der Waals surface area contributed by atoms with E-state index >= 15 is 0 Å². The zero-order valence-corrected chi connectivity index (χ0v) is 17.5. The first-order valence-electron chi connectivity index (χ1n) is 8.22. The number of phenols is 1. The number of hydrogen-bond acceptors (Lipinski definition) is 8. The van der Waals surface area contributed by atoms with Crippen LogP contribution in [-0.4, -0.2) is 22.8 Å². The maximum absolute atomic E-state index is 11.7. The largest absolute Gasteiger partial charge is 0.504 e. The Morgan fingerprint density at radius 3 is 2.73 bits per heavy atom. The number of amides is 1. The summed E-state index contributed by atoms with van der Waals surface area (Å²) in [4.78, 5) is 19.9. The number of carbonyl (C=O) groups excluding carboxylic acids is 1. The zero-order chi connectivity index (χ0) is 22.0. The number of fused-ring (bicyclic) bond motifs is 1. The van der Waals surface area contributed by atoms with Crippen molar-refractivity contribution in [2.24, 2.45) is 15.2 Å². The number of nitrogens with zero attached hydrogens (tertiary/aromatic N) is 5. The van der Waals surface area contributed by atoms with E-state index in [9.17, 15) is 9.90 Å². The third-order valence-electron chi connectivity index (χ3n) is 3.78. The van der Waals surface area contributed by atoms with Crippen LogP contribution in [0.1, 0.15) is 12.5 Å². The van der Waals surface area contributed by atoms with Gasteiger partial charge in [0.2, 0.25) is 0 Å². The van der Waals surface area contributed by atoms with Gasteiger partial charge in [0.15, 0.2) is 11.2 Å². The molecular formula is C18H11Cl3N6O3. The van der Waals surface area contributed by atoms with Crippen molar-refractivity contribution in [1.82, 2.24) is 4.98 Å². The Labute approximate surface area is 184 Å². The van der Waals surface area contributed by atoms with E-state index in [-0.39, 0.29) is 55.6 Å². The number of rotatable bonds is 4. The third kappa shape index (κ3) is 4.07. The minimum atomic E-state index is -0.799. The molecule has 1 aliphatic heterocycles. The van der Waals surface area contributed by atoms with Crippen LogP contribution in [0.15, 0.2) is 39.6 Å². The molecule has 0 atom stereocenters. The second-order valence-electron chi connectivity index (χ2n) is 5.68. The molecule has 0 saturated heterocycles. The van der Waals surface area contributed by atoms with Crippen molar-refractivity contribution >= 4 is 58.0 Å². The van der Waals surface area contributed by atoms with Crippen molar-refractivity contribution in [1.29, 1.82) is 5.26 Å². The van der Waals surface area contributed by atoms with Gasteiger partial charge in [0, 0.05) is 0 Å². The Morgan fingerprint density at radius 1 is 1.33 bits per heavy atom. The molecular weight excluding hydrogens is 455 g/mol. The van der Waals surface area contributed by atoms with Gasteiger partial charge >= 0.3 is 6.09 Å². The van der Waals surface area contributed by atoms with Crippen LogP contribution in [0.3, 0.4) is 0 Å². The summed E-state index contributed by atoms with van der Waals surface area (Å²) in [5, 5.41) is 29.8. The Bertz CT molecular complexity index is 1280. The van der Waals surface area contributed by atoms with E-state index in [0.29, 0.717) is 5.22 Å². The molecule has 152 valence electrons. The first-order chi connectivity index (χ1) is 14.3. The van der Waals surface area contributed by atoms with Gasteiger partial charge in [-0.05, 0) is 19.1 Å². The van der Waals surface area contributed by atoms with Crippen LogP contribution in [0.5, 0.6) is 5.75 Å². The zero-order valence-electron chi connectivity index (χ0n) is 15.2. The number of carbonyl (C=O) groups is 1. The summed E-state index contributed by atoms with van der Waals surface area (Å²) in [6.07, 6.45) is -0.799. The van der Waals surface area contributed by atoms with Gasteiger partial charge < -0.3 is 9.84 Å². The lowest BCUT2D eigenvalue weighted by atomic mass is 10.2. The lowest BCUT2D eigenvalue weighted by molar-refractivity contribution is 0.168. The molecule has 30 heavy (non-hydrogen) atoms. The second kappa shape index (κ2) is 8.67. The number of azo groups is 1. The maximum Gasteiger partial charge on any atom is 0.411 e. The summed E-state index contributed by atoms with van der Waals surface area (Å²) in [6.45, 7) is 5.54. The minimum absolute atomic E-state index is 0.00836. The number of hydrogen-bond donors (Lipinski definition) is 2. The van der Waals surface area contributed by atoms with Crippen LogP contribution in [0.4, 0.5) is 16.2 Å². The normalized spacial score (nSPS) is 12.5. The van der Waals surface area contributed by atoms with E-state index in [1.807, 2.05) is 6.07 Å². The number of halogens is 3. The smallest absolute Gasteiger partial charge is 0.411 e. The van der Waals surface area contributed by atoms with Gasteiger partial charge in [-0.2, -0.15) is 5.26 Å². The summed E-state index contributed by atoms with van der Waals surface area (Å²) >= 11 is 18.1. The van der Waals surface area contributed by atoms with Crippen LogP contribution in [0, 0.1) is 11.3 Å². The summed E-state index contributed by atoms with van der Waals surface area (Å²) in [5.74, 6) is -0.454. The highest BCUT2D eigenvalue weighted by Gasteiger charge is 2.19.